The number of amides is 1. The lowest BCUT2D eigenvalue weighted by Gasteiger charge is -2.19. The van der Waals surface area contributed by atoms with Crippen molar-refractivity contribution in [3.8, 4) is 0 Å². The van der Waals surface area contributed by atoms with Gasteiger partial charge in [0.2, 0.25) is 5.91 Å². The lowest BCUT2D eigenvalue weighted by atomic mass is 9.96. The summed E-state index contributed by atoms with van der Waals surface area (Å²) >= 11 is 0. The minimum atomic E-state index is -0.625. The average Bonchev–Trinajstić information content (AvgIpc) is 2.99. The molecule has 2 aromatic heterocycles. The van der Waals surface area contributed by atoms with Crippen LogP contribution in [0.1, 0.15) is 32.4 Å². The first-order valence-corrected chi connectivity index (χ1v) is 6.62. The van der Waals surface area contributed by atoms with Gasteiger partial charge in [0, 0.05) is 12.5 Å². The van der Waals surface area contributed by atoms with E-state index in [4.69, 9.17) is 4.42 Å². The van der Waals surface area contributed by atoms with Crippen LogP contribution in [0.25, 0.3) is 0 Å². The standard InChI is InChI=1S/C14H19N3O4/c1-14(2,3)12-15-21-13(19)17(12)9-11(18)16(4)8-10-6-5-7-20-10/h5-7H,8-9H2,1-4H3. The zero-order valence-corrected chi connectivity index (χ0v) is 12.6. The normalized spacial score (nSPS) is 11.6. The number of rotatable bonds is 4. The Morgan fingerprint density at radius 1 is 1.43 bits per heavy atom. The maximum atomic E-state index is 12.2. The van der Waals surface area contributed by atoms with Gasteiger partial charge in [-0.1, -0.05) is 25.9 Å². The van der Waals surface area contributed by atoms with E-state index in [1.54, 1.807) is 25.4 Å². The van der Waals surface area contributed by atoms with E-state index in [0.29, 0.717) is 18.1 Å². The molecule has 0 radical (unpaired) electrons. The number of hydrogen-bond acceptors (Lipinski definition) is 5. The van der Waals surface area contributed by atoms with E-state index >= 15 is 0 Å². The quantitative estimate of drug-likeness (QED) is 0.850. The zero-order chi connectivity index (χ0) is 15.6. The number of hydrogen-bond donors (Lipinski definition) is 0. The van der Waals surface area contributed by atoms with Gasteiger partial charge in [0.15, 0.2) is 5.82 Å². The fourth-order valence-electron chi connectivity index (χ4n) is 1.93. The second-order valence-corrected chi connectivity index (χ2v) is 5.94. The lowest BCUT2D eigenvalue weighted by Crippen LogP contribution is -2.34. The Morgan fingerprint density at radius 2 is 2.14 bits per heavy atom. The van der Waals surface area contributed by atoms with Crippen molar-refractivity contribution in [1.29, 1.82) is 0 Å². The summed E-state index contributed by atoms with van der Waals surface area (Å²) in [6.07, 6.45) is 1.55. The van der Waals surface area contributed by atoms with Gasteiger partial charge in [-0.05, 0) is 12.1 Å². The van der Waals surface area contributed by atoms with Crippen LogP contribution in [0.15, 0.2) is 32.1 Å². The summed E-state index contributed by atoms with van der Waals surface area (Å²) in [6, 6.07) is 3.55. The molecule has 2 aromatic rings. The van der Waals surface area contributed by atoms with Crippen molar-refractivity contribution >= 4 is 5.91 Å². The highest BCUT2D eigenvalue weighted by atomic mass is 16.5. The molecule has 0 saturated carbocycles. The number of furan rings is 1. The molecule has 1 amide bonds. The summed E-state index contributed by atoms with van der Waals surface area (Å²) in [5.74, 6) is 0.286. The van der Waals surface area contributed by atoms with Crippen LogP contribution in [0, 0.1) is 0 Å². The van der Waals surface area contributed by atoms with Crippen LogP contribution in [-0.4, -0.2) is 27.6 Å². The fraction of sp³-hybridized carbons (Fsp3) is 0.500. The number of aromatic nitrogens is 2. The maximum absolute atomic E-state index is 12.2. The maximum Gasteiger partial charge on any atom is 0.442 e. The molecule has 0 N–H and O–H groups in total. The monoisotopic (exact) mass is 293 g/mol. The smallest absolute Gasteiger partial charge is 0.442 e. The fourth-order valence-corrected chi connectivity index (χ4v) is 1.93. The van der Waals surface area contributed by atoms with E-state index in [0.717, 1.165) is 0 Å². The Balaban J connectivity index is 2.13. The molecule has 114 valence electrons. The first kappa shape index (κ1) is 15.1. The average molecular weight is 293 g/mol. The molecular weight excluding hydrogens is 274 g/mol. The molecule has 21 heavy (non-hydrogen) atoms. The summed E-state index contributed by atoms with van der Waals surface area (Å²) in [7, 11) is 1.65. The molecule has 0 unspecified atom stereocenters. The summed E-state index contributed by atoms with van der Waals surface area (Å²) in [5, 5.41) is 3.76. The minimum absolute atomic E-state index is 0.105. The van der Waals surface area contributed by atoms with Crippen LogP contribution in [0.5, 0.6) is 0 Å². The van der Waals surface area contributed by atoms with Gasteiger partial charge >= 0.3 is 5.76 Å². The van der Waals surface area contributed by atoms with Crippen LogP contribution in [0.2, 0.25) is 0 Å². The van der Waals surface area contributed by atoms with E-state index < -0.39 is 5.76 Å². The zero-order valence-electron chi connectivity index (χ0n) is 12.6. The van der Waals surface area contributed by atoms with Gasteiger partial charge in [0.05, 0.1) is 12.8 Å². The predicted molar refractivity (Wildman–Crippen MR) is 74.6 cm³/mol. The Labute approximate surface area is 122 Å². The topological polar surface area (TPSA) is 81.5 Å². The molecule has 0 aromatic carbocycles. The molecule has 0 bridgehead atoms. The second kappa shape index (κ2) is 5.59. The number of carbonyl (C=O) groups is 1. The predicted octanol–water partition coefficient (Wildman–Crippen LogP) is 1.39. The van der Waals surface area contributed by atoms with E-state index in [2.05, 4.69) is 9.68 Å². The van der Waals surface area contributed by atoms with E-state index in [-0.39, 0.29) is 17.9 Å². The highest BCUT2D eigenvalue weighted by Gasteiger charge is 2.26. The molecule has 0 spiro atoms. The van der Waals surface area contributed by atoms with Crippen molar-refractivity contribution in [2.75, 3.05) is 7.05 Å². The molecule has 7 nitrogen and oxygen atoms in total. The van der Waals surface area contributed by atoms with E-state index in [1.807, 2.05) is 20.8 Å². The molecule has 0 atom stereocenters. The first-order chi connectivity index (χ1) is 9.79. The SMILES string of the molecule is CN(Cc1ccco1)C(=O)Cn1c(C(C)(C)C)noc1=O. The molecular formula is C14H19N3O4. The summed E-state index contributed by atoms with van der Waals surface area (Å²) in [4.78, 5) is 25.4. The molecule has 2 rings (SSSR count). The van der Waals surface area contributed by atoms with Crippen molar-refractivity contribution in [3.05, 3.63) is 40.5 Å². The van der Waals surface area contributed by atoms with Crippen LogP contribution in [0.4, 0.5) is 0 Å². The van der Waals surface area contributed by atoms with Gasteiger partial charge in [-0.2, -0.15) is 0 Å². The molecule has 0 aliphatic carbocycles. The van der Waals surface area contributed by atoms with Crippen molar-refractivity contribution in [3.63, 3.8) is 0 Å². The number of nitrogens with zero attached hydrogens (tertiary/aromatic N) is 3. The molecule has 7 heteroatoms. The van der Waals surface area contributed by atoms with E-state index in [1.165, 1.54) is 9.47 Å². The van der Waals surface area contributed by atoms with Crippen LogP contribution < -0.4 is 5.76 Å². The van der Waals surface area contributed by atoms with Crippen LogP contribution >= 0.6 is 0 Å². The molecule has 0 aliphatic rings. The first-order valence-electron chi connectivity index (χ1n) is 6.62. The number of carbonyl (C=O) groups excluding carboxylic acids is 1. The third kappa shape index (κ3) is 3.42. The Bertz CT molecular complexity index is 661. The van der Waals surface area contributed by atoms with Crippen molar-refractivity contribution in [1.82, 2.24) is 14.6 Å². The Morgan fingerprint density at radius 3 is 2.71 bits per heavy atom. The largest absolute Gasteiger partial charge is 0.467 e. The Kier molecular flexibility index (Phi) is 4.02. The van der Waals surface area contributed by atoms with Gasteiger partial charge in [0.1, 0.15) is 12.3 Å². The summed E-state index contributed by atoms with van der Waals surface area (Å²) < 4.78 is 11.1. The third-order valence-electron chi connectivity index (χ3n) is 3.05. The highest BCUT2D eigenvalue weighted by Crippen LogP contribution is 2.18. The molecule has 0 fully saturated rings. The van der Waals surface area contributed by atoms with E-state index in [9.17, 15) is 9.59 Å². The van der Waals surface area contributed by atoms with Gasteiger partial charge in [-0.25, -0.2) is 4.79 Å². The number of likely N-dealkylation sites (N-methyl/N-ethyl adjacent to an activating group) is 1. The van der Waals surface area contributed by atoms with Crippen molar-refractivity contribution in [2.24, 2.45) is 0 Å². The van der Waals surface area contributed by atoms with Crippen molar-refractivity contribution in [2.45, 2.75) is 39.3 Å². The third-order valence-corrected chi connectivity index (χ3v) is 3.05. The summed E-state index contributed by atoms with van der Waals surface area (Å²) in [6.45, 7) is 5.94. The minimum Gasteiger partial charge on any atom is -0.467 e. The lowest BCUT2D eigenvalue weighted by molar-refractivity contribution is -0.131. The van der Waals surface area contributed by atoms with Crippen LogP contribution in [-0.2, 0) is 23.3 Å². The Hall–Kier alpha value is -2.31. The van der Waals surface area contributed by atoms with Gasteiger partial charge in [-0.15, -0.1) is 0 Å². The van der Waals surface area contributed by atoms with Gasteiger partial charge < -0.3 is 9.32 Å². The molecule has 2 heterocycles. The molecule has 0 aliphatic heterocycles. The molecule has 0 saturated heterocycles. The van der Waals surface area contributed by atoms with Crippen LogP contribution in [0.3, 0.4) is 0 Å². The van der Waals surface area contributed by atoms with Crippen molar-refractivity contribution < 1.29 is 13.7 Å². The second-order valence-electron chi connectivity index (χ2n) is 5.94. The highest BCUT2D eigenvalue weighted by molar-refractivity contribution is 5.75. The summed E-state index contributed by atoms with van der Waals surface area (Å²) in [5.41, 5.74) is -0.383. The van der Waals surface area contributed by atoms with Gasteiger partial charge in [-0.3, -0.25) is 13.9 Å². The van der Waals surface area contributed by atoms with Gasteiger partial charge in [0.25, 0.3) is 0 Å².